The minimum atomic E-state index is -0.241. The summed E-state index contributed by atoms with van der Waals surface area (Å²) in [6, 6.07) is 13.9. The predicted molar refractivity (Wildman–Crippen MR) is 169 cm³/mol. The molecule has 1 fully saturated rings. The van der Waals surface area contributed by atoms with E-state index in [1.54, 1.807) is 0 Å². The molecule has 2 aromatic carbocycles. The van der Waals surface area contributed by atoms with Gasteiger partial charge in [0.15, 0.2) is 0 Å². The molecule has 1 N–H and O–H groups in total. The first-order valence-corrected chi connectivity index (χ1v) is 15.3. The highest BCUT2D eigenvalue weighted by Gasteiger charge is 2.19. The standard InChI is InChI=1S/C34H44N6O3/c1-6-39-12-9-33(37-39)29-18-27(17-28(19-29)30-21-35-40(23-30)22-26-10-14-42-15-11-26)25(3)36-34(41)32-20-31(8-7-24(32)2)43-16-13-38(4)5/h7-9,12,17-21,23,25-26H,6,10-11,13-16,22H2,1-5H3,(H,36,41)/t25-/m1/s1. The topological polar surface area (TPSA) is 86.4 Å². The number of benzene rings is 2. The molecule has 0 aliphatic carbocycles. The zero-order valence-electron chi connectivity index (χ0n) is 26.0. The van der Waals surface area contributed by atoms with E-state index >= 15 is 0 Å². The lowest BCUT2D eigenvalue weighted by atomic mass is 9.96. The predicted octanol–water partition coefficient (Wildman–Crippen LogP) is 5.60. The molecule has 43 heavy (non-hydrogen) atoms. The Labute approximate surface area is 254 Å². The first-order chi connectivity index (χ1) is 20.8. The summed E-state index contributed by atoms with van der Waals surface area (Å²) < 4.78 is 15.4. The third-order valence-electron chi connectivity index (χ3n) is 8.08. The van der Waals surface area contributed by atoms with E-state index in [9.17, 15) is 4.79 Å². The molecule has 1 aliphatic heterocycles. The zero-order valence-corrected chi connectivity index (χ0v) is 26.0. The van der Waals surface area contributed by atoms with Gasteiger partial charge in [-0.05, 0) is 107 Å². The highest BCUT2D eigenvalue weighted by Crippen LogP contribution is 2.31. The van der Waals surface area contributed by atoms with Crippen LogP contribution >= 0.6 is 0 Å². The fraction of sp³-hybridized carbons (Fsp3) is 0.441. The van der Waals surface area contributed by atoms with Gasteiger partial charge < -0.3 is 19.7 Å². The number of nitrogens with zero attached hydrogens (tertiary/aromatic N) is 5. The molecular weight excluding hydrogens is 540 g/mol. The normalized spacial score (nSPS) is 14.7. The van der Waals surface area contributed by atoms with Crippen molar-refractivity contribution in [3.05, 3.63) is 77.7 Å². The molecule has 3 heterocycles. The van der Waals surface area contributed by atoms with Crippen molar-refractivity contribution < 1.29 is 14.3 Å². The van der Waals surface area contributed by atoms with Crippen molar-refractivity contribution in [2.45, 2.75) is 52.7 Å². The van der Waals surface area contributed by atoms with Gasteiger partial charge in [-0.15, -0.1) is 0 Å². The summed E-state index contributed by atoms with van der Waals surface area (Å²) in [6.07, 6.45) is 8.18. The smallest absolute Gasteiger partial charge is 0.252 e. The zero-order chi connectivity index (χ0) is 30.3. The van der Waals surface area contributed by atoms with Gasteiger partial charge in [-0.1, -0.05) is 6.07 Å². The van der Waals surface area contributed by atoms with Gasteiger partial charge in [0.25, 0.3) is 5.91 Å². The molecular formula is C34H44N6O3. The Bertz CT molecular complexity index is 1520. The van der Waals surface area contributed by atoms with Gasteiger partial charge in [-0.2, -0.15) is 10.2 Å². The van der Waals surface area contributed by atoms with Gasteiger partial charge in [0.2, 0.25) is 0 Å². The third kappa shape index (κ3) is 7.91. The molecule has 228 valence electrons. The summed E-state index contributed by atoms with van der Waals surface area (Å²) in [4.78, 5) is 15.6. The van der Waals surface area contributed by atoms with E-state index < -0.39 is 0 Å². The SMILES string of the molecule is CCn1ccc(-c2cc(-c3cnn(CC4CCOCC4)c3)cc([C@@H](C)NC(=O)c3cc(OCCN(C)C)ccc3C)c2)n1. The quantitative estimate of drug-likeness (QED) is 0.233. The highest BCUT2D eigenvalue weighted by molar-refractivity contribution is 5.96. The maximum absolute atomic E-state index is 13.5. The Kier molecular flexibility index (Phi) is 9.94. The highest BCUT2D eigenvalue weighted by atomic mass is 16.5. The summed E-state index contributed by atoms with van der Waals surface area (Å²) in [6.45, 7) is 10.7. The summed E-state index contributed by atoms with van der Waals surface area (Å²) in [5, 5.41) is 12.7. The van der Waals surface area contributed by atoms with Gasteiger partial charge in [0.1, 0.15) is 12.4 Å². The molecule has 4 aromatic rings. The average molecular weight is 585 g/mol. The Morgan fingerprint density at radius 3 is 2.63 bits per heavy atom. The van der Waals surface area contributed by atoms with Crippen molar-refractivity contribution in [2.75, 3.05) is 40.5 Å². The number of likely N-dealkylation sites (N-methyl/N-ethyl adjacent to an activating group) is 1. The molecule has 9 heteroatoms. The van der Waals surface area contributed by atoms with Crippen LogP contribution in [0, 0.1) is 12.8 Å². The van der Waals surface area contributed by atoms with Gasteiger partial charge in [-0.25, -0.2) is 0 Å². The number of rotatable bonds is 12. The Hall–Kier alpha value is -3.95. The molecule has 9 nitrogen and oxygen atoms in total. The molecule has 1 amide bonds. The van der Waals surface area contributed by atoms with Gasteiger partial charge in [0, 0.05) is 61.9 Å². The van der Waals surface area contributed by atoms with E-state index in [0.29, 0.717) is 23.8 Å². The first kappa shape index (κ1) is 30.5. The van der Waals surface area contributed by atoms with Crippen LogP contribution < -0.4 is 10.1 Å². The molecule has 2 aromatic heterocycles. The minimum absolute atomic E-state index is 0.130. The van der Waals surface area contributed by atoms with Crippen LogP contribution in [-0.2, 0) is 17.8 Å². The van der Waals surface area contributed by atoms with Gasteiger partial charge >= 0.3 is 0 Å². The van der Waals surface area contributed by atoms with Crippen LogP contribution in [0.5, 0.6) is 5.75 Å². The van der Waals surface area contributed by atoms with Crippen molar-refractivity contribution in [2.24, 2.45) is 5.92 Å². The van der Waals surface area contributed by atoms with Gasteiger partial charge in [0.05, 0.1) is 17.9 Å². The van der Waals surface area contributed by atoms with Crippen LogP contribution in [0.1, 0.15) is 54.2 Å². The molecule has 1 aliphatic rings. The number of amides is 1. The van der Waals surface area contributed by atoms with Crippen LogP contribution in [0.15, 0.2) is 61.1 Å². The number of aromatic nitrogens is 4. The third-order valence-corrected chi connectivity index (χ3v) is 8.08. The van der Waals surface area contributed by atoms with Gasteiger partial charge in [-0.3, -0.25) is 14.2 Å². The molecule has 0 unspecified atom stereocenters. The van der Waals surface area contributed by atoms with Crippen molar-refractivity contribution in [1.29, 1.82) is 0 Å². The maximum atomic E-state index is 13.5. The van der Waals surface area contributed by atoms with Crippen LogP contribution in [-0.4, -0.2) is 70.8 Å². The molecule has 1 saturated heterocycles. The molecule has 0 bridgehead atoms. The number of hydrogen-bond acceptors (Lipinski definition) is 6. The lowest BCUT2D eigenvalue weighted by molar-refractivity contribution is 0.0601. The van der Waals surface area contributed by atoms with Crippen molar-refractivity contribution >= 4 is 5.91 Å². The van der Waals surface area contributed by atoms with Crippen molar-refractivity contribution in [3.8, 4) is 28.1 Å². The minimum Gasteiger partial charge on any atom is -0.492 e. The second-order valence-electron chi connectivity index (χ2n) is 11.7. The lowest BCUT2D eigenvalue weighted by Gasteiger charge is -2.21. The lowest BCUT2D eigenvalue weighted by Crippen LogP contribution is -2.27. The second kappa shape index (κ2) is 14.0. The van der Waals surface area contributed by atoms with Crippen LogP contribution in [0.3, 0.4) is 0 Å². The summed E-state index contributed by atoms with van der Waals surface area (Å²) >= 11 is 0. The molecule has 0 spiro atoms. The van der Waals surface area contributed by atoms with E-state index in [1.165, 1.54) is 0 Å². The van der Waals surface area contributed by atoms with E-state index in [0.717, 1.165) is 79.2 Å². The molecule has 0 radical (unpaired) electrons. The fourth-order valence-electron chi connectivity index (χ4n) is 5.35. The van der Waals surface area contributed by atoms with E-state index in [2.05, 4.69) is 46.6 Å². The Balaban J connectivity index is 1.39. The number of ether oxygens (including phenoxy) is 2. The van der Waals surface area contributed by atoms with E-state index in [-0.39, 0.29) is 11.9 Å². The maximum Gasteiger partial charge on any atom is 0.252 e. The summed E-state index contributed by atoms with van der Waals surface area (Å²) in [5.41, 5.74) is 6.51. The summed E-state index contributed by atoms with van der Waals surface area (Å²) in [5.74, 6) is 1.14. The monoisotopic (exact) mass is 584 g/mol. The Morgan fingerprint density at radius 2 is 1.88 bits per heavy atom. The largest absolute Gasteiger partial charge is 0.492 e. The molecule has 1 atom stereocenters. The van der Waals surface area contributed by atoms with E-state index in [4.69, 9.17) is 14.6 Å². The number of hydrogen-bond donors (Lipinski definition) is 1. The van der Waals surface area contributed by atoms with E-state index in [1.807, 2.05) is 74.0 Å². The number of aryl methyl sites for hydroxylation is 2. The summed E-state index contributed by atoms with van der Waals surface area (Å²) in [7, 11) is 4.02. The van der Waals surface area contributed by atoms with Crippen LogP contribution in [0.25, 0.3) is 22.4 Å². The molecule has 0 saturated carbocycles. The second-order valence-corrected chi connectivity index (χ2v) is 11.7. The fourth-order valence-corrected chi connectivity index (χ4v) is 5.35. The molecule has 5 rings (SSSR count). The average Bonchev–Trinajstić information content (AvgIpc) is 3.68. The number of carbonyl (C=O) groups excluding carboxylic acids is 1. The first-order valence-electron chi connectivity index (χ1n) is 15.3. The van der Waals surface area contributed by atoms with Crippen molar-refractivity contribution in [1.82, 2.24) is 29.8 Å². The van der Waals surface area contributed by atoms with Crippen LogP contribution in [0.2, 0.25) is 0 Å². The number of carbonyl (C=O) groups is 1. The van der Waals surface area contributed by atoms with Crippen molar-refractivity contribution in [3.63, 3.8) is 0 Å². The number of nitrogens with one attached hydrogen (secondary N) is 1. The van der Waals surface area contributed by atoms with Crippen LogP contribution in [0.4, 0.5) is 0 Å². The Morgan fingerprint density at radius 1 is 1.09 bits per heavy atom.